The van der Waals surface area contributed by atoms with Gasteiger partial charge in [0.1, 0.15) is 0 Å². The van der Waals surface area contributed by atoms with E-state index in [1.54, 1.807) is 0 Å². The van der Waals surface area contributed by atoms with Crippen molar-refractivity contribution in [1.29, 1.82) is 0 Å². The van der Waals surface area contributed by atoms with Gasteiger partial charge in [-0.1, -0.05) is 24.3 Å². The maximum atomic E-state index is 11.3. The number of rotatable bonds is 2. The molecular weight excluding hydrogens is 226 g/mol. The molecule has 1 fully saturated rings. The molecule has 1 aliphatic heterocycles. The van der Waals surface area contributed by atoms with Gasteiger partial charge in [-0.2, -0.15) is 0 Å². The van der Waals surface area contributed by atoms with E-state index < -0.39 is 5.60 Å². The van der Waals surface area contributed by atoms with E-state index in [-0.39, 0.29) is 5.41 Å². The number of hydrogen-bond donors (Lipinski definition) is 2. The molecule has 0 aromatic heterocycles. The average molecular weight is 247 g/mol. The summed E-state index contributed by atoms with van der Waals surface area (Å²) in [5.41, 5.74) is 7.23. The highest BCUT2D eigenvalue weighted by Crippen LogP contribution is 2.51. The molecule has 1 aliphatic carbocycles. The first kappa shape index (κ1) is 12.2. The van der Waals surface area contributed by atoms with E-state index in [0.717, 1.165) is 31.2 Å². The van der Waals surface area contributed by atoms with Crippen molar-refractivity contribution in [3.8, 4) is 0 Å². The van der Waals surface area contributed by atoms with Crippen molar-refractivity contribution in [2.24, 2.45) is 11.1 Å². The lowest BCUT2D eigenvalue weighted by Crippen LogP contribution is -2.52. The minimum absolute atomic E-state index is 0.302. The van der Waals surface area contributed by atoms with E-state index in [0.29, 0.717) is 19.8 Å². The Morgan fingerprint density at radius 3 is 2.83 bits per heavy atom. The van der Waals surface area contributed by atoms with Gasteiger partial charge in [0.25, 0.3) is 0 Å². The van der Waals surface area contributed by atoms with Gasteiger partial charge in [0.15, 0.2) is 0 Å². The lowest BCUT2D eigenvalue weighted by atomic mass is 9.62. The van der Waals surface area contributed by atoms with Crippen molar-refractivity contribution in [2.75, 3.05) is 19.8 Å². The Balaban J connectivity index is 2.10. The fraction of sp³-hybridized carbons (Fsp3) is 0.600. The first-order valence-corrected chi connectivity index (χ1v) is 6.80. The molecule has 1 aromatic carbocycles. The van der Waals surface area contributed by atoms with Gasteiger partial charge in [-0.05, 0) is 36.8 Å². The van der Waals surface area contributed by atoms with Gasteiger partial charge in [0.2, 0.25) is 0 Å². The Kier molecular flexibility index (Phi) is 2.93. The van der Waals surface area contributed by atoms with E-state index in [2.05, 4.69) is 12.1 Å². The van der Waals surface area contributed by atoms with Crippen LogP contribution in [0.4, 0.5) is 0 Å². The zero-order valence-electron chi connectivity index (χ0n) is 10.7. The maximum Gasteiger partial charge on any atom is 0.0990 e. The zero-order chi connectivity index (χ0) is 12.6. The maximum absolute atomic E-state index is 11.3. The van der Waals surface area contributed by atoms with Crippen LogP contribution in [0.1, 0.15) is 30.4 Å². The summed E-state index contributed by atoms with van der Waals surface area (Å²) in [6.45, 7) is 1.77. The fourth-order valence-electron chi connectivity index (χ4n) is 3.63. The van der Waals surface area contributed by atoms with Crippen molar-refractivity contribution >= 4 is 0 Å². The number of fused-ring (bicyclic) bond motifs is 1. The summed E-state index contributed by atoms with van der Waals surface area (Å²) in [5, 5.41) is 11.3. The monoisotopic (exact) mass is 247 g/mol. The van der Waals surface area contributed by atoms with E-state index in [4.69, 9.17) is 10.5 Å². The minimum atomic E-state index is -0.812. The van der Waals surface area contributed by atoms with Crippen molar-refractivity contribution in [2.45, 2.75) is 31.3 Å². The Morgan fingerprint density at radius 1 is 1.28 bits per heavy atom. The van der Waals surface area contributed by atoms with Crippen molar-refractivity contribution in [3.63, 3.8) is 0 Å². The summed E-state index contributed by atoms with van der Waals surface area (Å²) in [6, 6.07) is 8.24. The largest absolute Gasteiger partial charge is 0.384 e. The van der Waals surface area contributed by atoms with Crippen molar-refractivity contribution in [1.82, 2.24) is 0 Å². The third kappa shape index (κ3) is 1.54. The predicted octanol–water partition coefficient (Wildman–Crippen LogP) is 1.58. The topological polar surface area (TPSA) is 55.5 Å². The molecule has 2 atom stereocenters. The van der Waals surface area contributed by atoms with Gasteiger partial charge in [-0.15, -0.1) is 0 Å². The summed E-state index contributed by atoms with van der Waals surface area (Å²) in [4.78, 5) is 0. The van der Waals surface area contributed by atoms with Crippen molar-refractivity contribution in [3.05, 3.63) is 35.4 Å². The van der Waals surface area contributed by atoms with Gasteiger partial charge in [-0.25, -0.2) is 0 Å². The average Bonchev–Trinajstić information content (AvgIpc) is 2.90. The molecular formula is C15H21NO2. The normalized spacial score (nSPS) is 35.4. The molecule has 1 aromatic rings. The van der Waals surface area contributed by atoms with Crippen LogP contribution < -0.4 is 5.73 Å². The molecule has 3 rings (SSSR count). The first-order valence-electron chi connectivity index (χ1n) is 6.80. The van der Waals surface area contributed by atoms with Gasteiger partial charge in [0, 0.05) is 18.6 Å². The number of benzene rings is 1. The van der Waals surface area contributed by atoms with Crippen LogP contribution in [-0.2, 0) is 16.8 Å². The summed E-state index contributed by atoms with van der Waals surface area (Å²) in [6.07, 6.45) is 3.73. The number of aliphatic hydroxyl groups is 1. The molecule has 0 bridgehead atoms. The van der Waals surface area contributed by atoms with E-state index in [9.17, 15) is 5.11 Å². The number of nitrogens with two attached hydrogens (primary N) is 1. The molecule has 3 heteroatoms. The predicted molar refractivity (Wildman–Crippen MR) is 70.2 cm³/mol. The third-order valence-corrected chi connectivity index (χ3v) is 4.82. The molecule has 2 unspecified atom stereocenters. The Bertz CT molecular complexity index is 440. The summed E-state index contributed by atoms with van der Waals surface area (Å²) < 4.78 is 5.54. The van der Waals surface area contributed by atoms with Crippen LogP contribution in [0.2, 0.25) is 0 Å². The molecule has 0 spiro atoms. The Hall–Kier alpha value is -0.900. The van der Waals surface area contributed by atoms with Crippen LogP contribution in [0.25, 0.3) is 0 Å². The second kappa shape index (κ2) is 4.34. The smallest absolute Gasteiger partial charge is 0.0990 e. The van der Waals surface area contributed by atoms with Crippen molar-refractivity contribution < 1.29 is 9.84 Å². The van der Waals surface area contributed by atoms with Crippen LogP contribution in [0.15, 0.2) is 24.3 Å². The Morgan fingerprint density at radius 2 is 2.11 bits per heavy atom. The standard InChI is InChI=1S/C15H21NO2/c16-10-14(8-9-18-11-14)15(17)7-3-5-12-4-1-2-6-13(12)15/h1-2,4,6,17H,3,5,7-11,16H2. The van der Waals surface area contributed by atoms with Crippen LogP contribution in [0.3, 0.4) is 0 Å². The fourth-order valence-corrected chi connectivity index (χ4v) is 3.63. The van der Waals surface area contributed by atoms with Gasteiger partial charge < -0.3 is 15.6 Å². The highest BCUT2D eigenvalue weighted by Gasteiger charge is 2.54. The molecule has 0 radical (unpaired) electrons. The second-order valence-electron chi connectivity index (χ2n) is 5.66. The summed E-state index contributed by atoms with van der Waals surface area (Å²) in [5.74, 6) is 0. The van der Waals surface area contributed by atoms with E-state index >= 15 is 0 Å². The number of ether oxygens (including phenoxy) is 1. The lowest BCUT2D eigenvalue weighted by Gasteiger charge is -2.47. The Labute approximate surface area is 108 Å². The SMILES string of the molecule is NCC1(C2(O)CCCc3ccccc32)CCOC1. The van der Waals surface area contributed by atoms with Gasteiger partial charge in [-0.3, -0.25) is 0 Å². The third-order valence-electron chi connectivity index (χ3n) is 4.82. The van der Waals surface area contributed by atoms with Crippen LogP contribution in [0, 0.1) is 5.41 Å². The van der Waals surface area contributed by atoms with Crippen LogP contribution >= 0.6 is 0 Å². The van der Waals surface area contributed by atoms with Crippen LogP contribution in [0.5, 0.6) is 0 Å². The van der Waals surface area contributed by atoms with Gasteiger partial charge >= 0.3 is 0 Å². The summed E-state index contributed by atoms with van der Waals surface area (Å²) in [7, 11) is 0. The molecule has 98 valence electrons. The molecule has 1 saturated heterocycles. The highest BCUT2D eigenvalue weighted by molar-refractivity contribution is 5.37. The van der Waals surface area contributed by atoms with Gasteiger partial charge in [0.05, 0.1) is 12.2 Å². The lowest BCUT2D eigenvalue weighted by molar-refractivity contribution is -0.101. The second-order valence-corrected chi connectivity index (χ2v) is 5.66. The number of hydrogen-bond acceptors (Lipinski definition) is 3. The molecule has 2 aliphatic rings. The van der Waals surface area contributed by atoms with E-state index in [1.807, 2.05) is 12.1 Å². The zero-order valence-corrected chi connectivity index (χ0v) is 10.7. The van der Waals surface area contributed by atoms with Crippen LogP contribution in [-0.4, -0.2) is 24.9 Å². The minimum Gasteiger partial charge on any atom is -0.384 e. The molecule has 18 heavy (non-hydrogen) atoms. The molecule has 3 nitrogen and oxygen atoms in total. The van der Waals surface area contributed by atoms with E-state index in [1.165, 1.54) is 5.56 Å². The highest BCUT2D eigenvalue weighted by atomic mass is 16.5. The quantitative estimate of drug-likeness (QED) is 0.834. The molecule has 0 saturated carbocycles. The summed E-state index contributed by atoms with van der Waals surface area (Å²) >= 11 is 0. The first-order chi connectivity index (χ1) is 8.72. The molecule has 0 amide bonds. The molecule has 1 heterocycles. The molecule has 3 N–H and O–H groups in total. The number of aryl methyl sites for hydroxylation is 1.